The van der Waals surface area contributed by atoms with Crippen LogP contribution in [0.1, 0.15) is 34.6 Å². The molecule has 0 unspecified atom stereocenters. The zero-order chi connectivity index (χ0) is 9.78. The van der Waals surface area contributed by atoms with E-state index in [0.717, 1.165) is 11.3 Å². The first-order chi connectivity index (χ1) is 5.37. The zero-order valence-electron chi connectivity index (χ0n) is 8.61. The van der Waals surface area contributed by atoms with Gasteiger partial charge in [0.25, 0.3) is 0 Å². The van der Waals surface area contributed by atoms with Crippen LogP contribution in [0.2, 0.25) is 0 Å². The van der Waals surface area contributed by atoms with E-state index in [1.54, 1.807) is 0 Å². The minimum atomic E-state index is -1.20. The fourth-order valence-corrected chi connectivity index (χ4v) is 0.640. The molecule has 1 nitrogen and oxygen atoms in total. The van der Waals surface area contributed by atoms with Crippen molar-refractivity contribution >= 4 is 5.71 Å². The van der Waals surface area contributed by atoms with Gasteiger partial charge < -0.3 is 0 Å². The lowest BCUT2D eigenvalue weighted by molar-refractivity contribution is 0.229. The summed E-state index contributed by atoms with van der Waals surface area (Å²) >= 11 is 0. The van der Waals surface area contributed by atoms with Gasteiger partial charge in [-0.05, 0) is 40.2 Å². The Balaban J connectivity index is 4.20. The molecule has 0 bridgehead atoms. The second kappa shape index (κ2) is 4.39. The molecular formula is C10H18FN. The third kappa shape index (κ3) is 5.05. The highest BCUT2D eigenvalue weighted by atomic mass is 19.1. The summed E-state index contributed by atoms with van der Waals surface area (Å²) in [6, 6.07) is 0. The average molecular weight is 171 g/mol. The number of hydrogen-bond donors (Lipinski definition) is 0. The number of alkyl halides is 1. The van der Waals surface area contributed by atoms with Gasteiger partial charge in [0.2, 0.25) is 0 Å². The van der Waals surface area contributed by atoms with Crippen molar-refractivity contribution in [2.45, 2.75) is 40.3 Å². The Morgan fingerprint density at radius 1 is 1.42 bits per heavy atom. The summed E-state index contributed by atoms with van der Waals surface area (Å²) in [7, 11) is 0. The number of rotatable bonds is 3. The molecule has 0 aliphatic rings. The van der Waals surface area contributed by atoms with E-state index in [0.29, 0.717) is 0 Å². The topological polar surface area (TPSA) is 12.4 Å². The molecule has 0 N–H and O–H groups in total. The Labute approximate surface area is 74.4 Å². The molecule has 0 spiro atoms. The van der Waals surface area contributed by atoms with E-state index in [9.17, 15) is 4.39 Å². The van der Waals surface area contributed by atoms with Gasteiger partial charge in [-0.3, -0.25) is 4.99 Å². The highest BCUT2D eigenvalue weighted by Crippen LogP contribution is 2.09. The normalized spacial score (nSPS) is 15.2. The number of nitrogens with zero attached hydrogens (tertiary/aromatic N) is 1. The van der Waals surface area contributed by atoms with E-state index in [1.165, 1.54) is 13.8 Å². The fourth-order valence-electron chi connectivity index (χ4n) is 0.640. The SMILES string of the molecule is C/C=C(\C)C(C)=NCC(C)(C)F. The molecule has 0 atom stereocenters. The van der Waals surface area contributed by atoms with Gasteiger partial charge in [-0.1, -0.05) is 6.08 Å². The largest absolute Gasteiger partial charge is 0.286 e. The van der Waals surface area contributed by atoms with Crippen molar-refractivity contribution in [1.82, 2.24) is 0 Å². The highest BCUT2D eigenvalue weighted by Gasteiger charge is 2.13. The molecule has 0 fully saturated rings. The summed E-state index contributed by atoms with van der Waals surface area (Å²) in [5.74, 6) is 0. The van der Waals surface area contributed by atoms with Gasteiger partial charge in [0.1, 0.15) is 5.67 Å². The molecule has 0 aromatic rings. The molecule has 0 rings (SSSR count). The van der Waals surface area contributed by atoms with Gasteiger partial charge in [-0.15, -0.1) is 0 Å². The van der Waals surface area contributed by atoms with Crippen molar-refractivity contribution in [2.75, 3.05) is 6.54 Å². The van der Waals surface area contributed by atoms with Crippen molar-refractivity contribution in [3.63, 3.8) is 0 Å². The second-order valence-corrected chi connectivity index (χ2v) is 3.59. The third-order valence-corrected chi connectivity index (χ3v) is 1.70. The molecule has 0 saturated carbocycles. The van der Waals surface area contributed by atoms with Crippen LogP contribution in [0.3, 0.4) is 0 Å². The second-order valence-electron chi connectivity index (χ2n) is 3.59. The quantitative estimate of drug-likeness (QED) is 0.578. The average Bonchev–Trinajstić information content (AvgIpc) is 1.97. The lowest BCUT2D eigenvalue weighted by Gasteiger charge is -2.10. The van der Waals surface area contributed by atoms with Crippen LogP contribution in [0.15, 0.2) is 16.6 Å². The molecular weight excluding hydrogens is 153 g/mol. The highest BCUT2D eigenvalue weighted by molar-refractivity contribution is 5.97. The Hall–Kier alpha value is -0.660. The zero-order valence-corrected chi connectivity index (χ0v) is 8.61. The summed E-state index contributed by atoms with van der Waals surface area (Å²) in [6.45, 7) is 9.15. The Kier molecular flexibility index (Phi) is 4.15. The van der Waals surface area contributed by atoms with Crippen LogP contribution in [-0.4, -0.2) is 17.9 Å². The first-order valence-electron chi connectivity index (χ1n) is 4.20. The van der Waals surface area contributed by atoms with Gasteiger partial charge in [0, 0.05) is 5.71 Å². The van der Waals surface area contributed by atoms with Crippen molar-refractivity contribution in [3.8, 4) is 0 Å². The van der Waals surface area contributed by atoms with Gasteiger partial charge in [0.15, 0.2) is 0 Å². The molecule has 0 aliphatic heterocycles. The van der Waals surface area contributed by atoms with Gasteiger partial charge in [0.05, 0.1) is 6.54 Å². The molecule has 2 heteroatoms. The summed E-state index contributed by atoms with van der Waals surface area (Å²) in [5, 5.41) is 0. The maximum atomic E-state index is 13.0. The molecule has 12 heavy (non-hydrogen) atoms. The number of halogens is 1. The minimum Gasteiger partial charge on any atom is -0.286 e. The van der Waals surface area contributed by atoms with E-state index in [-0.39, 0.29) is 6.54 Å². The van der Waals surface area contributed by atoms with Crippen molar-refractivity contribution in [3.05, 3.63) is 11.6 Å². The lowest BCUT2D eigenvalue weighted by atomic mass is 10.1. The van der Waals surface area contributed by atoms with Gasteiger partial charge >= 0.3 is 0 Å². The first kappa shape index (κ1) is 11.3. The fraction of sp³-hybridized carbons (Fsp3) is 0.700. The summed E-state index contributed by atoms with van der Waals surface area (Å²) in [6.07, 6.45) is 1.98. The maximum Gasteiger partial charge on any atom is 0.124 e. The van der Waals surface area contributed by atoms with Crippen LogP contribution in [-0.2, 0) is 0 Å². The predicted octanol–water partition coefficient (Wildman–Crippen LogP) is 3.16. The van der Waals surface area contributed by atoms with Gasteiger partial charge in [-0.25, -0.2) is 4.39 Å². The standard InChI is InChI=1S/C10H18FN/c1-6-8(2)9(3)12-7-10(4,5)11/h6H,7H2,1-5H3/b8-6+,12-9?. The summed E-state index contributed by atoms with van der Waals surface area (Å²) in [4.78, 5) is 4.14. The summed E-state index contributed by atoms with van der Waals surface area (Å²) < 4.78 is 13.0. The van der Waals surface area contributed by atoms with Crippen LogP contribution < -0.4 is 0 Å². The van der Waals surface area contributed by atoms with E-state index in [1.807, 2.05) is 26.8 Å². The Bertz CT molecular complexity index is 196. The van der Waals surface area contributed by atoms with E-state index < -0.39 is 5.67 Å². The smallest absolute Gasteiger partial charge is 0.124 e. The predicted molar refractivity (Wildman–Crippen MR) is 52.6 cm³/mol. The van der Waals surface area contributed by atoms with Crippen LogP contribution >= 0.6 is 0 Å². The number of allylic oxidation sites excluding steroid dienone is 2. The van der Waals surface area contributed by atoms with Crippen molar-refractivity contribution in [1.29, 1.82) is 0 Å². The van der Waals surface area contributed by atoms with E-state index in [2.05, 4.69) is 4.99 Å². The van der Waals surface area contributed by atoms with Crippen LogP contribution in [0.5, 0.6) is 0 Å². The van der Waals surface area contributed by atoms with Crippen LogP contribution in [0, 0.1) is 0 Å². The minimum absolute atomic E-state index is 0.240. The molecule has 0 aromatic heterocycles. The number of aliphatic imine (C=N–C) groups is 1. The third-order valence-electron chi connectivity index (χ3n) is 1.70. The Morgan fingerprint density at radius 2 is 1.92 bits per heavy atom. The molecule has 0 saturated heterocycles. The van der Waals surface area contributed by atoms with Crippen LogP contribution in [0.4, 0.5) is 4.39 Å². The van der Waals surface area contributed by atoms with Crippen molar-refractivity contribution < 1.29 is 4.39 Å². The van der Waals surface area contributed by atoms with Gasteiger partial charge in [-0.2, -0.15) is 0 Å². The van der Waals surface area contributed by atoms with E-state index in [4.69, 9.17) is 0 Å². The monoisotopic (exact) mass is 171 g/mol. The van der Waals surface area contributed by atoms with Crippen molar-refractivity contribution in [2.24, 2.45) is 4.99 Å². The molecule has 0 amide bonds. The number of hydrogen-bond acceptors (Lipinski definition) is 1. The van der Waals surface area contributed by atoms with E-state index >= 15 is 0 Å². The van der Waals surface area contributed by atoms with Crippen LogP contribution in [0.25, 0.3) is 0 Å². The summed E-state index contributed by atoms with van der Waals surface area (Å²) in [5.41, 5.74) is 0.831. The lowest BCUT2D eigenvalue weighted by Crippen LogP contribution is -2.17. The molecule has 0 aliphatic carbocycles. The molecule has 0 aromatic carbocycles. The molecule has 0 radical (unpaired) electrons. The maximum absolute atomic E-state index is 13.0. The Morgan fingerprint density at radius 3 is 2.25 bits per heavy atom. The molecule has 0 heterocycles. The molecule has 70 valence electrons. The first-order valence-corrected chi connectivity index (χ1v) is 4.20.